The van der Waals surface area contributed by atoms with Crippen LogP contribution in [0.1, 0.15) is 0 Å². The molecular formula is C3H10O3PY-. The van der Waals surface area contributed by atoms with Crippen LogP contribution in [0.2, 0.25) is 0 Å². The van der Waals surface area contributed by atoms with Gasteiger partial charge in [0.25, 0.3) is 0 Å². The third-order valence-corrected chi connectivity index (χ3v) is 1.00. The van der Waals surface area contributed by atoms with E-state index in [-0.39, 0.29) is 40.1 Å². The average molecular weight is 214 g/mol. The molecule has 0 heterocycles. The molecular weight excluding hydrogens is 204 g/mol. The fraction of sp³-hybridized carbons (Fsp3) is 0.667. The normalized spacial score (nSPS) is 7.38. The van der Waals surface area contributed by atoms with Crippen LogP contribution in [0.25, 0.3) is 0 Å². The van der Waals surface area contributed by atoms with Gasteiger partial charge < -0.3 is 16.5 Å². The fourth-order valence-electron chi connectivity index (χ4n) is 0.0833. The van der Waals surface area contributed by atoms with Gasteiger partial charge in [0.15, 0.2) is 0 Å². The maximum atomic E-state index is 9.92. The van der Waals surface area contributed by atoms with Gasteiger partial charge in [0.1, 0.15) is 0 Å². The minimum atomic E-state index is -2.12. The third-order valence-electron chi connectivity index (χ3n) is 0.333. The summed E-state index contributed by atoms with van der Waals surface area (Å²) in [5.74, 6) is 0. The molecule has 0 bridgehead atoms. The molecule has 0 aliphatic carbocycles. The maximum Gasteiger partial charge on any atom is 0.318 e. The Morgan fingerprint density at radius 3 is 1.50 bits per heavy atom. The van der Waals surface area contributed by atoms with Crippen LogP contribution in [0.15, 0.2) is 0 Å². The molecule has 1 radical (unpaired) electrons. The first-order chi connectivity index (χ1) is 2.81. The summed E-state index contributed by atoms with van der Waals surface area (Å²) >= 11 is 0. The Morgan fingerprint density at radius 1 is 1.25 bits per heavy atom. The van der Waals surface area contributed by atoms with E-state index in [2.05, 4.69) is 9.05 Å². The summed E-state index contributed by atoms with van der Waals surface area (Å²) in [5, 5.41) is 0. The Kier molecular flexibility index (Phi) is 22.4. The maximum absolute atomic E-state index is 9.92. The van der Waals surface area contributed by atoms with Crippen molar-refractivity contribution in [3.63, 3.8) is 0 Å². The molecule has 5 heteroatoms. The molecule has 0 aliphatic rings. The van der Waals surface area contributed by atoms with E-state index in [0.29, 0.717) is 0 Å². The zero-order chi connectivity index (χ0) is 4.99. The molecule has 0 fully saturated rings. The van der Waals surface area contributed by atoms with Crippen molar-refractivity contribution in [3.8, 4) is 0 Å². The minimum absolute atomic E-state index is 0. The van der Waals surface area contributed by atoms with Crippen molar-refractivity contribution >= 4 is 8.25 Å². The van der Waals surface area contributed by atoms with Gasteiger partial charge in [0.05, 0.1) is 0 Å². The second-order valence-electron chi connectivity index (χ2n) is 0.658. The van der Waals surface area contributed by atoms with E-state index in [9.17, 15) is 4.57 Å². The van der Waals surface area contributed by atoms with Crippen LogP contribution in [-0.4, -0.2) is 14.2 Å². The van der Waals surface area contributed by atoms with Gasteiger partial charge in [-0.25, -0.2) is 0 Å². The zero-order valence-corrected chi connectivity index (χ0v) is 9.14. The Bertz CT molecular complexity index is 52.5. The molecule has 0 rings (SSSR count). The molecule has 0 aromatic carbocycles. The Hall–Kier alpha value is 1.25. The summed E-state index contributed by atoms with van der Waals surface area (Å²) in [6, 6.07) is 0. The number of hydrogen-bond donors (Lipinski definition) is 0. The van der Waals surface area contributed by atoms with Gasteiger partial charge in [-0.3, -0.25) is 4.57 Å². The molecule has 3 nitrogen and oxygen atoms in total. The van der Waals surface area contributed by atoms with Crippen LogP contribution < -0.4 is 0 Å². The molecule has 0 amide bonds. The van der Waals surface area contributed by atoms with Gasteiger partial charge in [-0.2, -0.15) is 0 Å². The topological polar surface area (TPSA) is 35.5 Å². The molecule has 0 aromatic rings. The van der Waals surface area contributed by atoms with E-state index >= 15 is 0 Å². The van der Waals surface area contributed by atoms with Crippen LogP contribution in [0.5, 0.6) is 0 Å². The summed E-state index contributed by atoms with van der Waals surface area (Å²) in [6.45, 7) is 0. The molecule has 0 N–H and O–H groups in total. The Morgan fingerprint density at radius 2 is 1.50 bits per heavy atom. The first-order valence-corrected chi connectivity index (χ1v) is 2.65. The van der Waals surface area contributed by atoms with Gasteiger partial charge >= 0.3 is 8.25 Å². The van der Waals surface area contributed by atoms with Crippen molar-refractivity contribution in [2.24, 2.45) is 0 Å². The molecule has 0 unspecified atom stereocenters. The molecule has 0 aromatic heterocycles. The van der Waals surface area contributed by atoms with E-state index in [1.807, 2.05) is 0 Å². The predicted octanol–water partition coefficient (Wildman–Crippen LogP) is 1.12. The molecule has 49 valence electrons. The van der Waals surface area contributed by atoms with Crippen LogP contribution in [-0.2, 0) is 46.3 Å². The molecule has 0 saturated heterocycles. The zero-order valence-electron chi connectivity index (χ0n) is 5.30. The summed E-state index contributed by atoms with van der Waals surface area (Å²) < 4.78 is 18.4. The van der Waals surface area contributed by atoms with E-state index in [1.165, 1.54) is 14.2 Å². The summed E-state index contributed by atoms with van der Waals surface area (Å²) in [5.41, 5.74) is 0. The van der Waals surface area contributed by atoms with E-state index < -0.39 is 8.25 Å². The van der Waals surface area contributed by atoms with E-state index in [1.54, 1.807) is 0 Å². The van der Waals surface area contributed by atoms with Gasteiger partial charge in [-0.1, -0.05) is 0 Å². The van der Waals surface area contributed by atoms with Crippen LogP contribution in [0.4, 0.5) is 0 Å². The van der Waals surface area contributed by atoms with Crippen LogP contribution in [0.3, 0.4) is 0 Å². The van der Waals surface area contributed by atoms with Crippen LogP contribution in [0, 0.1) is 7.43 Å². The molecule has 0 atom stereocenters. The summed E-state index contributed by atoms with van der Waals surface area (Å²) in [4.78, 5) is 0. The monoisotopic (exact) mass is 214 g/mol. The number of rotatable bonds is 2. The molecule has 0 spiro atoms. The SMILES string of the molecule is CO[PH](=O)OC.[CH3-].[Y]. The van der Waals surface area contributed by atoms with E-state index in [4.69, 9.17) is 0 Å². The van der Waals surface area contributed by atoms with Crippen molar-refractivity contribution in [1.82, 2.24) is 0 Å². The van der Waals surface area contributed by atoms with Gasteiger partial charge in [0, 0.05) is 46.9 Å². The molecule has 8 heavy (non-hydrogen) atoms. The van der Waals surface area contributed by atoms with Crippen molar-refractivity contribution < 1.29 is 46.3 Å². The molecule has 0 saturated carbocycles. The first-order valence-electron chi connectivity index (χ1n) is 1.43. The summed E-state index contributed by atoms with van der Waals surface area (Å²) in [6.07, 6.45) is 0. The first kappa shape index (κ1) is 16.1. The Balaban J connectivity index is -0.000000125. The van der Waals surface area contributed by atoms with E-state index in [0.717, 1.165) is 0 Å². The second kappa shape index (κ2) is 11.1. The Labute approximate surface area is 76.0 Å². The smallest absolute Gasteiger partial charge is 0.318 e. The van der Waals surface area contributed by atoms with Gasteiger partial charge in [0.2, 0.25) is 0 Å². The largest absolute Gasteiger partial charge is 0.358 e. The standard InChI is InChI=1S/C2H7O3P.CH3.Y/c1-4-6(3)5-2;;/h6H,1-2H3;1H3;/q;-1;. The fourth-order valence-corrected chi connectivity index (χ4v) is 0.250. The minimum Gasteiger partial charge on any atom is -0.358 e. The molecule has 0 aliphatic heterocycles. The van der Waals surface area contributed by atoms with Crippen molar-refractivity contribution in [3.05, 3.63) is 7.43 Å². The quantitative estimate of drug-likeness (QED) is 0.510. The van der Waals surface area contributed by atoms with Crippen molar-refractivity contribution in [2.45, 2.75) is 0 Å². The summed E-state index contributed by atoms with van der Waals surface area (Å²) in [7, 11) is 0.558. The number of hydrogen-bond acceptors (Lipinski definition) is 3. The average Bonchev–Trinajstić information content (AvgIpc) is 1.65. The third kappa shape index (κ3) is 10.3. The predicted molar refractivity (Wildman–Crippen MR) is 29.4 cm³/mol. The van der Waals surface area contributed by atoms with Gasteiger partial charge in [-0.05, 0) is 0 Å². The van der Waals surface area contributed by atoms with Crippen LogP contribution >= 0.6 is 8.25 Å². The van der Waals surface area contributed by atoms with Crippen molar-refractivity contribution in [2.75, 3.05) is 14.2 Å². The second-order valence-corrected chi connectivity index (χ2v) is 1.97. The van der Waals surface area contributed by atoms with Gasteiger partial charge in [-0.15, -0.1) is 0 Å². The van der Waals surface area contributed by atoms with Crippen molar-refractivity contribution in [1.29, 1.82) is 0 Å².